The molecule has 0 aliphatic rings. The van der Waals surface area contributed by atoms with Gasteiger partial charge in [-0.3, -0.25) is 15.1 Å². The molecule has 0 spiro atoms. The summed E-state index contributed by atoms with van der Waals surface area (Å²) in [6.45, 7) is 0.572. The highest BCUT2D eigenvalue weighted by Crippen LogP contribution is 2.28. The monoisotopic (exact) mass is 463 g/mol. The minimum atomic E-state index is -0.614. The third-order valence-corrected chi connectivity index (χ3v) is 5.63. The molecule has 0 aliphatic carbocycles. The predicted molar refractivity (Wildman–Crippen MR) is 126 cm³/mol. The molecule has 33 heavy (non-hydrogen) atoms. The van der Waals surface area contributed by atoms with E-state index in [0.717, 1.165) is 17.2 Å². The zero-order chi connectivity index (χ0) is 23.2. The molecular formula is C24H22FN5O2S. The highest BCUT2D eigenvalue weighted by molar-refractivity contribution is 7.18. The molecule has 2 aromatic heterocycles. The lowest BCUT2D eigenvalue weighted by Gasteiger charge is -2.23. The van der Waals surface area contributed by atoms with Gasteiger partial charge in [0.25, 0.3) is 5.91 Å². The molecule has 4 rings (SSSR count). The molecule has 7 nitrogen and oxygen atoms in total. The van der Waals surface area contributed by atoms with Crippen molar-refractivity contribution in [3.63, 3.8) is 0 Å². The Morgan fingerprint density at radius 2 is 1.85 bits per heavy atom. The van der Waals surface area contributed by atoms with Gasteiger partial charge < -0.3 is 9.64 Å². The maximum absolute atomic E-state index is 14.8. The van der Waals surface area contributed by atoms with Gasteiger partial charge in [-0.25, -0.2) is 4.39 Å². The first-order valence-corrected chi connectivity index (χ1v) is 11.0. The van der Waals surface area contributed by atoms with Crippen LogP contribution in [0.2, 0.25) is 0 Å². The summed E-state index contributed by atoms with van der Waals surface area (Å²) in [7, 11) is 3.85. The van der Waals surface area contributed by atoms with Gasteiger partial charge in [0.15, 0.2) is 11.6 Å². The molecule has 1 atom stereocenters. The molecular weight excluding hydrogens is 441 g/mol. The summed E-state index contributed by atoms with van der Waals surface area (Å²) in [5, 5.41) is 11.7. The van der Waals surface area contributed by atoms with E-state index in [1.807, 2.05) is 49.3 Å². The number of halogens is 1. The minimum Gasteiger partial charge on any atom is -0.481 e. The second kappa shape index (κ2) is 10.3. The third-order valence-electron chi connectivity index (χ3n) is 4.74. The van der Waals surface area contributed by atoms with E-state index in [0.29, 0.717) is 16.7 Å². The topological polar surface area (TPSA) is 80.2 Å². The highest BCUT2D eigenvalue weighted by Gasteiger charge is 2.18. The fourth-order valence-electron chi connectivity index (χ4n) is 3.16. The number of likely N-dealkylation sites (N-methyl/N-ethyl adjacent to an activating group) is 1. The van der Waals surface area contributed by atoms with E-state index in [-0.39, 0.29) is 17.4 Å². The molecule has 0 saturated carbocycles. The Bertz CT molecular complexity index is 1220. The molecule has 0 saturated heterocycles. The van der Waals surface area contributed by atoms with Gasteiger partial charge in [-0.1, -0.05) is 41.7 Å². The number of rotatable bonds is 8. The van der Waals surface area contributed by atoms with Crippen molar-refractivity contribution in [2.75, 3.05) is 26.0 Å². The zero-order valence-corrected chi connectivity index (χ0v) is 18.9. The van der Waals surface area contributed by atoms with Gasteiger partial charge in [0.2, 0.25) is 5.13 Å². The normalized spacial score (nSPS) is 11.9. The molecule has 0 bridgehead atoms. The van der Waals surface area contributed by atoms with Crippen LogP contribution in [-0.4, -0.2) is 46.6 Å². The number of anilines is 1. The number of carbonyl (C=O) groups is 1. The van der Waals surface area contributed by atoms with Gasteiger partial charge in [-0.15, -0.1) is 10.2 Å². The van der Waals surface area contributed by atoms with E-state index in [1.54, 1.807) is 24.5 Å². The summed E-state index contributed by atoms with van der Waals surface area (Å²) in [6, 6.07) is 17.4. The summed E-state index contributed by atoms with van der Waals surface area (Å²) in [6.07, 6.45) is 2.95. The Labute approximate surface area is 194 Å². The van der Waals surface area contributed by atoms with Crippen LogP contribution < -0.4 is 10.1 Å². The van der Waals surface area contributed by atoms with Crippen molar-refractivity contribution in [2.45, 2.75) is 6.10 Å². The molecule has 2 aromatic carbocycles. The predicted octanol–water partition coefficient (Wildman–Crippen LogP) is 4.67. The number of hydrogen-bond donors (Lipinski definition) is 1. The van der Waals surface area contributed by atoms with Crippen LogP contribution in [0.15, 0.2) is 73.1 Å². The number of hydrogen-bond acceptors (Lipinski definition) is 7. The SMILES string of the molecule is CN(C)CC(Oc1ccc(C(=O)Nc2nnc(-c3ccncc3)s2)cc1F)c1ccccc1. The number of ether oxygens (including phenoxy) is 1. The maximum Gasteiger partial charge on any atom is 0.257 e. The Morgan fingerprint density at radius 3 is 2.55 bits per heavy atom. The molecule has 2 heterocycles. The van der Waals surface area contributed by atoms with Gasteiger partial charge >= 0.3 is 0 Å². The van der Waals surface area contributed by atoms with Crippen LogP contribution >= 0.6 is 11.3 Å². The lowest BCUT2D eigenvalue weighted by molar-refractivity contribution is 0.102. The summed E-state index contributed by atoms with van der Waals surface area (Å²) in [5.74, 6) is -1.01. The largest absolute Gasteiger partial charge is 0.481 e. The third kappa shape index (κ3) is 5.76. The van der Waals surface area contributed by atoms with E-state index >= 15 is 0 Å². The summed E-state index contributed by atoms with van der Waals surface area (Å²) >= 11 is 1.22. The summed E-state index contributed by atoms with van der Waals surface area (Å²) in [4.78, 5) is 18.6. The second-order valence-electron chi connectivity index (χ2n) is 7.53. The maximum atomic E-state index is 14.8. The van der Waals surface area contributed by atoms with E-state index in [4.69, 9.17) is 4.74 Å². The van der Waals surface area contributed by atoms with Crippen LogP contribution in [-0.2, 0) is 0 Å². The highest BCUT2D eigenvalue weighted by atomic mass is 32.1. The Kier molecular flexibility index (Phi) is 7.01. The lowest BCUT2D eigenvalue weighted by atomic mass is 10.1. The first kappa shape index (κ1) is 22.5. The minimum absolute atomic E-state index is 0.0816. The molecule has 0 aliphatic heterocycles. The van der Waals surface area contributed by atoms with Gasteiger partial charge in [0.05, 0.1) is 0 Å². The van der Waals surface area contributed by atoms with Gasteiger partial charge in [0.1, 0.15) is 11.1 Å². The first-order chi connectivity index (χ1) is 16.0. The standard InChI is InChI=1S/C24H22FN5O2S/c1-30(2)15-21(16-6-4-3-5-7-16)32-20-9-8-18(14-19(20)25)22(31)27-24-29-28-23(33-24)17-10-12-26-13-11-17/h3-14,21H,15H2,1-2H3,(H,27,29,31). The molecule has 1 N–H and O–H groups in total. The van der Waals surface area contributed by atoms with Gasteiger partial charge in [-0.05, 0) is 50.0 Å². The van der Waals surface area contributed by atoms with Crippen molar-refractivity contribution in [2.24, 2.45) is 0 Å². The van der Waals surface area contributed by atoms with Crippen molar-refractivity contribution in [3.8, 4) is 16.3 Å². The number of pyridine rings is 1. The van der Waals surface area contributed by atoms with Gasteiger partial charge in [-0.2, -0.15) is 0 Å². The number of aromatic nitrogens is 3. The van der Waals surface area contributed by atoms with Crippen LogP contribution in [0.4, 0.5) is 9.52 Å². The fraction of sp³-hybridized carbons (Fsp3) is 0.167. The molecule has 0 radical (unpaired) electrons. The van der Waals surface area contributed by atoms with Crippen molar-refractivity contribution in [3.05, 3.63) is 90.0 Å². The van der Waals surface area contributed by atoms with Crippen molar-refractivity contribution >= 4 is 22.4 Å². The van der Waals surface area contributed by atoms with E-state index in [2.05, 4.69) is 20.5 Å². The average Bonchev–Trinajstić information content (AvgIpc) is 3.29. The summed E-state index contributed by atoms with van der Waals surface area (Å²) in [5.41, 5.74) is 1.94. The number of amides is 1. The van der Waals surface area contributed by atoms with E-state index in [1.165, 1.54) is 23.5 Å². The van der Waals surface area contributed by atoms with E-state index in [9.17, 15) is 9.18 Å². The smallest absolute Gasteiger partial charge is 0.257 e. The second-order valence-corrected chi connectivity index (χ2v) is 8.50. The van der Waals surface area contributed by atoms with E-state index < -0.39 is 11.7 Å². The van der Waals surface area contributed by atoms with Crippen LogP contribution in [0.5, 0.6) is 5.75 Å². The molecule has 1 unspecified atom stereocenters. The Balaban J connectivity index is 1.46. The molecule has 4 aromatic rings. The quantitative estimate of drug-likeness (QED) is 0.409. The Hall–Kier alpha value is -3.69. The van der Waals surface area contributed by atoms with Crippen LogP contribution in [0, 0.1) is 5.82 Å². The van der Waals surface area contributed by atoms with Crippen LogP contribution in [0.3, 0.4) is 0 Å². The molecule has 9 heteroatoms. The average molecular weight is 464 g/mol. The van der Waals surface area contributed by atoms with Crippen LogP contribution in [0.1, 0.15) is 22.0 Å². The van der Waals surface area contributed by atoms with Gasteiger partial charge in [0, 0.05) is 30.1 Å². The Morgan fingerprint density at radius 1 is 1.09 bits per heavy atom. The number of nitrogens with zero attached hydrogens (tertiary/aromatic N) is 4. The fourth-order valence-corrected chi connectivity index (χ4v) is 3.90. The van der Waals surface area contributed by atoms with Crippen molar-refractivity contribution in [1.29, 1.82) is 0 Å². The number of benzene rings is 2. The summed E-state index contributed by atoms with van der Waals surface area (Å²) < 4.78 is 20.8. The van der Waals surface area contributed by atoms with Crippen molar-refractivity contribution in [1.82, 2.24) is 20.1 Å². The number of nitrogens with one attached hydrogen (secondary N) is 1. The molecule has 1 amide bonds. The van der Waals surface area contributed by atoms with Crippen molar-refractivity contribution < 1.29 is 13.9 Å². The van der Waals surface area contributed by atoms with Crippen LogP contribution in [0.25, 0.3) is 10.6 Å². The first-order valence-electron chi connectivity index (χ1n) is 10.2. The lowest BCUT2D eigenvalue weighted by Crippen LogP contribution is -2.24. The molecule has 0 fully saturated rings. The zero-order valence-electron chi connectivity index (χ0n) is 18.1. The molecule has 168 valence electrons. The number of carbonyl (C=O) groups excluding carboxylic acids is 1.